The first kappa shape index (κ1) is 25.1. The lowest BCUT2D eigenvalue weighted by Gasteiger charge is -2.33. The van der Waals surface area contributed by atoms with Gasteiger partial charge in [-0.15, -0.1) is 11.8 Å². The van der Waals surface area contributed by atoms with Crippen molar-refractivity contribution < 1.29 is 23.1 Å². The van der Waals surface area contributed by atoms with Crippen LogP contribution < -0.4 is 15.0 Å². The molecule has 1 saturated heterocycles. The van der Waals surface area contributed by atoms with Crippen LogP contribution in [0.3, 0.4) is 0 Å². The summed E-state index contributed by atoms with van der Waals surface area (Å²) < 4.78 is 32.9. The molecule has 0 aromatic heterocycles. The van der Waals surface area contributed by atoms with Crippen LogP contribution in [0, 0.1) is 11.6 Å². The lowest BCUT2D eigenvalue weighted by atomic mass is 10.0. The van der Waals surface area contributed by atoms with Crippen molar-refractivity contribution in [3.8, 4) is 5.75 Å². The third-order valence-corrected chi connectivity index (χ3v) is 8.22. The summed E-state index contributed by atoms with van der Waals surface area (Å²) in [5.41, 5.74) is 3.47. The fourth-order valence-corrected chi connectivity index (χ4v) is 6.29. The van der Waals surface area contributed by atoms with E-state index in [0.29, 0.717) is 46.5 Å². The van der Waals surface area contributed by atoms with Crippen LogP contribution >= 0.6 is 11.8 Å². The zero-order chi connectivity index (χ0) is 26.3. The minimum atomic E-state index is -1.30. The normalized spacial score (nSPS) is 18.6. The molecule has 1 atom stereocenters. The minimum absolute atomic E-state index is 0.0315. The summed E-state index contributed by atoms with van der Waals surface area (Å²) in [6.07, 6.45) is 0. The molecule has 1 N–H and O–H groups in total. The number of carbonyl (C=O) groups excluding carboxylic acids is 2. The minimum Gasteiger partial charge on any atom is -0.497 e. The van der Waals surface area contributed by atoms with Gasteiger partial charge in [-0.2, -0.15) is 0 Å². The number of fused-ring (bicyclic) bond motifs is 2. The number of nitrogens with zero attached hydrogens (tertiary/aromatic N) is 2. The molecule has 1 spiro atoms. The molecule has 9 heteroatoms. The number of urea groups is 1. The Hall–Kier alpha value is -3.59. The molecular weight excluding hydrogens is 496 g/mol. The van der Waals surface area contributed by atoms with Gasteiger partial charge in [0.2, 0.25) is 0 Å². The van der Waals surface area contributed by atoms with Crippen molar-refractivity contribution in [2.75, 3.05) is 29.6 Å². The molecule has 3 amide bonds. The van der Waals surface area contributed by atoms with E-state index in [2.05, 4.69) is 19.2 Å². The molecule has 0 aliphatic carbocycles. The molecule has 2 aliphatic heterocycles. The van der Waals surface area contributed by atoms with Gasteiger partial charge in [0, 0.05) is 23.5 Å². The Kier molecular flexibility index (Phi) is 6.58. The highest BCUT2D eigenvalue weighted by atomic mass is 32.2. The Balaban J connectivity index is 1.50. The smallest absolute Gasteiger partial charge is 0.323 e. The fraction of sp³-hybridized carbons (Fsp3) is 0.286. The van der Waals surface area contributed by atoms with Crippen LogP contribution in [0.15, 0.2) is 60.7 Å². The summed E-state index contributed by atoms with van der Waals surface area (Å²) in [6, 6.07) is 16.1. The second-order valence-electron chi connectivity index (χ2n) is 9.37. The summed E-state index contributed by atoms with van der Waals surface area (Å²) >= 11 is 1.38. The van der Waals surface area contributed by atoms with Crippen molar-refractivity contribution in [3.63, 3.8) is 0 Å². The highest BCUT2D eigenvalue weighted by Crippen LogP contribution is 2.55. The SMILES string of the molecule is COc1ccc2c(c1)[C@]1(SCCN1C(=O)Nc1ccc(C(C)C)cc1)C(=O)N2Cc1ccc(F)c(F)c1. The standard InChI is InChI=1S/C28H27F2N3O3S/c1-17(2)19-5-7-20(8-6-19)31-27(35)33-12-13-37-28(33)22-15-21(36-3)9-11-25(22)32(26(28)34)16-18-4-10-23(29)24(30)14-18/h4-11,14-15,17H,12-13,16H2,1-3H3,(H,31,35)/t28-/m0/s1. The molecule has 1 fully saturated rings. The first-order chi connectivity index (χ1) is 17.7. The van der Waals surface area contributed by atoms with E-state index in [-0.39, 0.29) is 18.5 Å². The van der Waals surface area contributed by atoms with Crippen LogP contribution in [0.5, 0.6) is 5.75 Å². The summed E-state index contributed by atoms with van der Waals surface area (Å²) in [5.74, 6) is -0.763. The van der Waals surface area contributed by atoms with Gasteiger partial charge in [-0.05, 0) is 59.5 Å². The van der Waals surface area contributed by atoms with Crippen LogP contribution in [-0.4, -0.2) is 36.2 Å². The molecule has 0 saturated carbocycles. The van der Waals surface area contributed by atoms with Crippen LogP contribution in [0.1, 0.15) is 36.5 Å². The first-order valence-electron chi connectivity index (χ1n) is 12.0. The number of halogens is 2. The van der Waals surface area contributed by atoms with E-state index in [9.17, 15) is 18.4 Å². The third kappa shape index (κ3) is 4.31. The number of carbonyl (C=O) groups is 2. The molecule has 2 heterocycles. The van der Waals surface area contributed by atoms with Crippen molar-refractivity contribution in [1.29, 1.82) is 0 Å². The Bertz CT molecular complexity index is 1370. The van der Waals surface area contributed by atoms with Crippen molar-refractivity contribution in [2.45, 2.75) is 31.2 Å². The summed E-state index contributed by atoms with van der Waals surface area (Å²) in [4.78, 5) is 29.4. The fourth-order valence-electron chi connectivity index (χ4n) is 4.84. The summed E-state index contributed by atoms with van der Waals surface area (Å²) in [5, 5.41) is 2.94. The quantitative estimate of drug-likeness (QED) is 0.441. The van der Waals surface area contributed by atoms with Crippen molar-refractivity contribution >= 4 is 35.1 Å². The van der Waals surface area contributed by atoms with E-state index >= 15 is 0 Å². The molecule has 6 nitrogen and oxygen atoms in total. The number of hydrogen-bond acceptors (Lipinski definition) is 4. The second-order valence-corrected chi connectivity index (χ2v) is 10.7. The number of rotatable bonds is 5. The largest absolute Gasteiger partial charge is 0.497 e. The summed E-state index contributed by atoms with van der Waals surface area (Å²) in [6.45, 7) is 4.59. The number of amides is 3. The Morgan fingerprint density at radius 1 is 1.08 bits per heavy atom. The first-order valence-corrected chi connectivity index (χ1v) is 13.0. The van der Waals surface area contributed by atoms with Gasteiger partial charge >= 0.3 is 6.03 Å². The lowest BCUT2D eigenvalue weighted by Crippen LogP contribution is -2.51. The van der Waals surface area contributed by atoms with Crippen molar-refractivity contribution in [1.82, 2.24) is 4.90 Å². The van der Waals surface area contributed by atoms with E-state index in [1.54, 1.807) is 23.1 Å². The van der Waals surface area contributed by atoms with E-state index in [0.717, 1.165) is 17.7 Å². The molecule has 5 rings (SSSR count). The maximum Gasteiger partial charge on any atom is 0.323 e. The number of benzene rings is 3. The van der Waals surface area contributed by atoms with E-state index in [1.165, 1.54) is 29.8 Å². The molecular formula is C28H27F2N3O3S. The molecule has 2 aliphatic rings. The molecule has 0 radical (unpaired) electrons. The highest BCUT2D eigenvalue weighted by Gasteiger charge is 2.59. The third-order valence-electron chi connectivity index (χ3n) is 6.80. The van der Waals surface area contributed by atoms with Gasteiger partial charge in [-0.25, -0.2) is 13.6 Å². The molecule has 0 unspecified atom stereocenters. The molecule has 3 aromatic carbocycles. The van der Waals surface area contributed by atoms with E-state index in [1.807, 2.05) is 24.3 Å². The van der Waals surface area contributed by atoms with E-state index in [4.69, 9.17) is 4.74 Å². The Morgan fingerprint density at radius 3 is 2.51 bits per heavy atom. The van der Waals surface area contributed by atoms with Gasteiger partial charge in [0.05, 0.1) is 19.3 Å². The number of hydrogen-bond donors (Lipinski definition) is 1. The Morgan fingerprint density at radius 2 is 1.84 bits per heavy atom. The zero-order valence-corrected chi connectivity index (χ0v) is 21.6. The van der Waals surface area contributed by atoms with Gasteiger partial charge in [-0.1, -0.05) is 32.0 Å². The predicted molar refractivity (Wildman–Crippen MR) is 141 cm³/mol. The predicted octanol–water partition coefficient (Wildman–Crippen LogP) is 6.08. The van der Waals surface area contributed by atoms with E-state index < -0.39 is 16.5 Å². The van der Waals surface area contributed by atoms with Gasteiger partial charge < -0.3 is 15.0 Å². The zero-order valence-electron chi connectivity index (χ0n) is 20.8. The molecule has 192 valence electrons. The number of anilines is 2. The van der Waals surface area contributed by atoms with Gasteiger partial charge in [0.15, 0.2) is 16.5 Å². The van der Waals surface area contributed by atoms with Gasteiger partial charge in [0.1, 0.15) is 5.75 Å². The average molecular weight is 524 g/mol. The van der Waals surface area contributed by atoms with Crippen molar-refractivity contribution in [2.24, 2.45) is 0 Å². The van der Waals surface area contributed by atoms with Gasteiger partial charge in [0.25, 0.3) is 5.91 Å². The average Bonchev–Trinajstić information content (AvgIpc) is 3.43. The number of nitrogens with one attached hydrogen (secondary N) is 1. The highest BCUT2D eigenvalue weighted by molar-refractivity contribution is 8.01. The maximum absolute atomic E-state index is 14.1. The topological polar surface area (TPSA) is 61.9 Å². The van der Waals surface area contributed by atoms with Crippen LogP contribution in [-0.2, 0) is 16.2 Å². The van der Waals surface area contributed by atoms with Crippen LogP contribution in [0.4, 0.5) is 25.0 Å². The monoisotopic (exact) mass is 523 g/mol. The van der Waals surface area contributed by atoms with Crippen LogP contribution in [0.25, 0.3) is 0 Å². The molecule has 3 aromatic rings. The maximum atomic E-state index is 14.1. The van der Waals surface area contributed by atoms with Gasteiger partial charge in [-0.3, -0.25) is 9.69 Å². The molecule has 0 bridgehead atoms. The number of ether oxygens (including phenoxy) is 1. The molecule has 37 heavy (non-hydrogen) atoms. The Labute approximate surface area is 218 Å². The summed E-state index contributed by atoms with van der Waals surface area (Å²) in [7, 11) is 1.54. The number of methoxy groups -OCH3 is 1. The second kappa shape index (κ2) is 9.70. The lowest BCUT2D eigenvalue weighted by molar-refractivity contribution is -0.123. The van der Waals surface area contributed by atoms with Crippen LogP contribution in [0.2, 0.25) is 0 Å². The van der Waals surface area contributed by atoms with Crippen molar-refractivity contribution in [3.05, 3.63) is 89.0 Å². The number of thioether (sulfide) groups is 1.